The van der Waals surface area contributed by atoms with E-state index in [4.69, 9.17) is 10.5 Å². The van der Waals surface area contributed by atoms with Gasteiger partial charge in [-0.25, -0.2) is 0 Å². The summed E-state index contributed by atoms with van der Waals surface area (Å²) in [6.45, 7) is 5.73. The summed E-state index contributed by atoms with van der Waals surface area (Å²) in [6.07, 6.45) is 2.94. The van der Waals surface area contributed by atoms with E-state index >= 15 is 0 Å². The summed E-state index contributed by atoms with van der Waals surface area (Å²) in [7, 11) is 0. The Morgan fingerprint density at radius 1 is 1.11 bits per heavy atom. The lowest BCUT2D eigenvalue weighted by Gasteiger charge is -2.17. The molecule has 8 heteroatoms. The molecule has 0 unspecified atom stereocenters. The lowest BCUT2D eigenvalue weighted by molar-refractivity contribution is -0.143. The van der Waals surface area contributed by atoms with Crippen molar-refractivity contribution in [3.05, 3.63) is 0 Å². The molecular formula is C11H26Cl2N2O2S2. The monoisotopic (exact) mass is 352 g/mol. The molecule has 0 aliphatic rings. The number of halogens is 2. The Kier molecular flexibility index (Phi) is 24.2. The smallest absolute Gasteiger partial charge is 0.322 e. The van der Waals surface area contributed by atoms with Crippen molar-refractivity contribution in [2.24, 2.45) is 5.73 Å². The highest BCUT2D eigenvalue weighted by molar-refractivity contribution is 8.12. The summed E-state index contributed by atoms with van der Waals surface area (Å²) in [6, 6.07) is 0. The second-order valence-electron chi connectivity index (χ2n) is 3.40. The Morgan fingerprint density at radius 3 is 2.16 bits per heavy atom. The quantitative estimate of drug-likeness (QED) is 0.350. The van der Waals surface area contributed by atoms with Crippen molar-refractivity contribution in [2.75, 3.05) is 31.2 Å². The largest absolute Gasteiger partial charge is 0.465 e. The first kappa shape index (κ1) is 24.7. The molecule has 19 heavy (non-hydrogen) atoms. The first-order valence-corrected chi connectivity index (χ1v) is 8.02. The summed E-state index contributed by atoms with van der Waals surface area (Å²) >= 11 is 3.31. The lowest BCUT2D eigenvalue weighted by atomic mass is 10.2. The van der Waals surface area contributed by atoms with Gasteiger partial charge >= 0.3 is 5.97 Å². The van der Waals surface area contributed by atoms with E-state index in [1.165, 1.54) is 0 Å². The number of unbranched alkanes of at least 4 members (excludes halogenated alkanes) is 2. The van der Waals surface area contributed by atoms with Gasteiger partial charge in [0, 0.05) is 11.5 Å². The van der Waals surface area contributed by atoms with Crippen LogP contribution in [-0.4, -0.2) is 40.9 Å². The molecule has 0 saturated heterocycles. The van der Waals surface area contributed by atoms with E-state index in [-0.39, 0.29) is 30.8 Å². The fourth-order valence-corrected chi connectivity index (χ4v) is 3.08. The Bertz CT molecular complexity index is 198. The molecule has 2 N–H and O–H groups in total. The number of hydrogen-bond donors (Lipinski definition) is 1. The Labute approximate surface area is 138 Å². The van der Waals surface area contributed by atoms with Crippen molar-refractivity contribution in [3.63, 3.8) is 0 Å². The molecule has 4 nitrogen and oxygen atoms in total. The molecule has 0 aliphatic heterocycles. The topological polar surface area (TPSA) is 55.6 Å². The SMILES string of the molecule is CCSN(CC(=O)OCCCCCN)SCC.Cl.Cl. The second-order valence-corrected chi connectivity index (χ2v) is 6.18. The highest BCUT2D eigenvalue weighted by Gasteiger charge is 2.11. The summed E-state index contributed by atoms with van der Waals surface area (Å²) in [5, 5.41) is 0. The first-order valence-electron chi connectivity index (χ1n) is 6.13. The van der Waals surface area contributed by atoms with Gasteiger partial charge in [0.2, 0.25) is 0 Å². The number of carbonyl (C=O) groups is 1. The van der Waals surface area contributed by atoms with Crippen LogP contribution in [-0.2, 0) is 9.53 Å². The van der Waals surface area contributed by atoms with Crippen molar-refractivity contribution in [2.45, 2.75) is 33.1 Å². The molecular weight excluding hydrogens is 327 g/mol. The maximum Gasteiger partial charge on any atom is 0.322 e. The molecule has 0 bridgehead atoms. The van der Waals surface area contributed by atoms with Crippen LogP contribution in [0.3, 0.4) is 0 Å². The van der Waals surface area contributed by atoms with Crippen LogP contribution < -0.4 is 5.73 Å². The van der Waals surface area contributed by atoms with E-state index in [2.05, 4.69) is 13.8 Å². The van der Waals surface area contributed by atoms with Crippen LogP contribution in [0.5, 0.6) is 0 Å². The van der Waals surface area contributed by atoms with E-state index < -0.39 is 0 Å². The van der Waals surface area contributed by atoms with Crippen molar-refractivity contribution < 1.29 is 9.53 Å². The third kappa shape index (κ3) is 16.6. The minimum Gasteiger partial charge on any atom is -0.465 e. The number of hydrogen-bond acceptors (Lipinski definition) is 6. The molecule has 0 atom stereocenters. The zero-order valence-electron chi connectivity index (χ0n) is 11.6. The lowest BCUT2D eigenvalue weighted by Crippen LogP contribution is -2.21. The number of nitrogens with two attached hydrogens (primary N) is 1. The van der Waals surface area contributed by atoms with Crippen molar-refractivity contribution >= 4 is 54.7 Å². The highest BCUT2D eigenvalue weighted by atomic mass is 35.5. The molecule has 118 valence electrons. The summed E-state index contributed by atoms with van der Waals surface area (Å²) < 4.78 is 7.15. The van der Waals surface area contributed by atoms with Crippen LogP contribution in [0.15, 0.2) is 0 Å². The van der Waals surface area contributed by atoms with Gasteiger partial charge in [-0.1, -0.05) is 37.7 Å². The Morgan fingerprint density at radius 2 is 1.68 bits per heavy atom. The van der Waals surface area contributed by atoms with Crippen LogP contribution in [0, 0.1) is 0 Å². The first-order chi connectivity index (χ1) is 8.24. The van der Waals surface area contributed by atoms with Crippen LogP contribution in [0.1, 0.15) is 33.1 Å². The second kappa shape index (κ2) is 18.7. The summed E-state index contributed by atoms with van der Waals surface area (Å²) in [4.78, 5) is 11.5. The molecule has 0 fully saturated rings. The van der Waals surface area contributed by atoms with E-state index in [1.807, 2.05) is 3.71 Å². The fraction of sp³-hybridized carbons (Fsp3) is 0.909. The Hall–Kier alpha value is 0.670. The predicted molar refractivity (Wildman–Crippen MR) is 91.3 cm³/mol. The minimum atomic E-state index is -0.139. The zero-order chi connectivity index (χ0) is 12.9. The number of carbonyl (C=O) groups excluding carboxylic acids is 1. The van der Waals surface area contributed by atoms with Gasteiger partial charge in [0.25, 0.3) is 0 Å². The van der Waals surface area contributed by atoms with Gasteiger partial charge < -0.3 is 10.5 Å². The van der Waals surface area contributed by atoms with Crippen LogP contribution >= 0.6 is 48.7 Å². The van der Waals surface area contributed by atoms with Crippen molar-refractivity contribution in [1.82, 2.24) is 3.71 Å². The van der Waals surface area contributed by atoms with Crippen LogP contribution in [0.2, 0.25) is 0 Å². The van der Waals surface area contributed by atoms with Gasteiger partial charge in [0.15, 0.2) is 0 Å². The van der Waals surface area contributed by atoms with Gasteiger partial charge in [0.1, 0.15) is 6.54 Å². The van der Waals surface area contributed by atoms with Gasteiger partial charge in [-0.15, -0.1) is 24.8 Å². The maximum absolute atomic E-state index is 11.5. The van der Waals surface area contributed by atoms with E-state index in [0.29, 0.717) is 19.7 Å². The molecule has 0 aromatic heterocycles. The molecule has 0 heterocycles. The minimum absolute atomic E-state index is 0. The molecule has 0 aromatic rings. The average molecular weight is 353 g/mol. The molecule has 0 aliphatic carbocycles. The van der Waals surface area contributed by atoms with Crippen molar-refractivity contribution in [3.8, 4) is 0 Å². The molecule has 0 saturated carbocycles. The highest BCUT2D eigenvalue weighted by Crippen LogP contribution is 2.20. The molecule has 0 rings (SSSR count). The predicted octanol–water partition coefficient (Wildman–Crippen LogP) is 3.14. The van der Waals surface area contributed by atoms with Crippen molar-refractivity contribution in [1.29, 1.82) is 0 Å². The molecule has 0 spiro atoms. The average Bonchev–Trinajstić information content (AvgIpc) is 2.29. The molecule has 0 amide bonds. The third-order valence-corrected chi connectivity index (χ3v) is 3.90. The van der Waals surface area contributed by atoms with Gasteiger partial charge in [0.05, 0.1) is 6.61 Å². The van der Waals surface area contributed by atoms with E-state index in [9.17, 15) is 4.79 Å². The summed E-state index contributed by atoms with van der Waals surface area (Å²) in [5.74, 6) is 1.80. The zero-order valence-corrected chi connectivity index (χ0v) is 14.9. The standard InChI is InChI=1S/C11H24N2O2S2.2ClH/c1-3-16-13(17-4-2)10-11(14)15-9-7-5-6-8-12;;/h3-10,12H2,1-2H3;2*1H. The van der Waals surface area contributed by atoms with Crippen LogP contribution in [0.4, 0.5) is 0 Å². The number of esters is 1. The number of ether oxygens (including phenoxy) is 1. The number of rotatable bonds is 11. The molecule has 0 radical (unpaired) electrons. The van der Waals surface area contributed by atoms with E-state index in [0.717, 1.165) is 30.8 Å². The number of nitrogens with zero attached hydrogens (tertiary/aromatic N) is 1. The Balaban J connectivity index is -0.00000128. The van der Waals surface area contributed by atoms with Crippen LogP contribution in [0.25, 0.3) is 0 Å². The normalized spacial score (nSPS) is 9.68. The van der Waals surface area contributed by atoms with Gasteiger partial charge in [-0.2, -0.15) is 3.71 Å². The summed E-state index contributed by atoms with van der Waals surface area (Å²) in [5.41, 5.74) is 5.38. The maximum atomic E-state index is 11.5. The fourth-order valence-electron chi connectivity index (χ4n) is 1.18. The van der Waals surface area contributed by atoms with Gasteiger partial charge in [-0.3, -0.25) is 4.79 Å². The molecule has 0 aromatic carbocycles. The van der Waals surface area contributed by atoms with E-state index in [1.54, 1.807) is 23.9 Å². The van der Waals surface area contributed by atoms with Gasteiger partial charge in [-0.05, 0) is 25.8 Å². The third-order valence-electron chi connectivity index (χ3n) is 1.92.